The Morgan fingerprint density at radius 1 is 0.469 bits per heavy atom. The summed E-state index contributed by atoms with van der Waals surface area (Å²) < 4.78 is 6.48. The maximum absolute atomic E-state index is 6.48. The first-order chi connectivity index (χ1) is 15.9. The number of fused-ring (bicyclic) bond motifs is 4. The van der Waals surface area contributed by atoms with Gasteiger partial charge in [0.05, 0.1) is 6.61 Å². The van der Waals surface area contributed by atoms with Gasteiger partial charge < -0.3 is 4.74 Å². The quantitative estimate of drug-likeness (QED) is 0.204. The summed E-state index contributed by atoms with van der Waals surface area (Å²) in [6.07, 6.45) is 1.96. The van der Waals surface area contributed by atoms with Crippen molar-refractivity contribution in [2.24, 2.45) is 0 Å². The average Bonchev–Trinajstić information content (AvgIpc) is 2.85. The van der Waals surface area contributed by atoms with Gasteiger partial charge in [-0.25, -0.2) is 0 Å². The molecule has 0 atom stereocenters. The normalized spacial score (nSPS) is 11.5. The first kappa shape index (κ1) is 18.9. The molecule has 32 heavy (non-hydrogen) atoms. The maximum atomic E-state index is 6.48. The van der Waals surface area contributed by atoms with Crippen LogP contribution in [0.3, 0.4) is 0 Å². The average molecular weight is 413 g/mol. The van der Waals surface area contributed by atoms with Gasteiger partial charge in [0.2, 0.25) is 0 Å². The van der Waals surface area contributed by atoms with Crippen molar-refractivity contribution in [1.82, 2.24) is 0 Å². The second kappa shape index (κ2) is 8.01. The minimum atomic E-state index is 0.690. The molecule has 6 rings (SSSR count). The number of hydrogen-bond acceptors (Lipinski definition) is 1. The Kier molecular flexibility index (Phi) is 4.73. The Hall–Kier alpha value is -3.84. The van der Waals surface area contributed by atoms with Crippen LogP contribution in [0.1, 0.15) is 12.0 Å². The standard InChI is InChI=1S/C31H24O/c1-5-14-26-22(10-1)20-23-11-2-6-15-27(23)30(26)18-9-19-32-31-28-16-7-3-12-24(28)21-25-13-4-8-17-29(25)31/h1-8,10-17,20-21H,9,18-19H2. The van der Waals surface area contributed by atoms with Gasteiger partial charge in [0.15, 0.2) is 0 Å². The molecule has 0 fully saturated rings. The molecule has 154 valence electrons. The molecule has 0 aromatic heterocycles. The molecular weight excluding hydrogens is 388 g/mol. The van der Waals surface area contributed by atoms with Crippen molar-refractivity contribution in [2.75, 3.05) is 6.61 Å². The molecule has 6 aromatic carbocycles. The van der Waals surface area contributed by atoms with Crippen LogP contribution in [-0.2, 0) is 6.42 Å². The lowest BCUT2D eigenvalue weighted by molar-refractivity contribution is 0.318. The summed E-state index contributed by atoms with van der Waals surface area (Å²) in [5.74, 6) is 1.00. The van der Waals surface area contributed by atoms with Gasteiger partial charge in [-0.05, 0) is 62.9 Å². The van der Waals surface area contributed by atoms with Crippen molar-refractivity contribution in [3.8, 4) is 5.75 Å². The Labute approximate surface area is 187 Å². The molecule has 0 aliphatic carbocycles. The number of ether oxygens (including phenoxy) is 1. The predicted octanol–water partition coefficient (Wildman–Crippen LogP) is 8.31. The van der Waals surface area contributed by atoms with E-state index in [1.807, 2.05) is 0 Å². The van der Waals surface area contributed by atoms with E-state index in [2.05, 4.69) is 109 Å². The molecule has 0 bridgehead atoms. The Balaban J connectivity index is 1.32. The van der Waals surface area contributed by atoms with Crippen LogP contribution >= 0.6 is 0 Å². The van der Waals surface area contributed by atoms with Crippen molar-refractivity contribution < 1.29 is 4.74 Å². The highest BCUT2D eigenvalue weighted by Gasteiger charge is 2.10. The highest BCUT2D eigenvalue weighted by Crippen LogP contribution is 2.35. The zero-order chi connectivity index (χ0) is 21.3. The van der Waals surface area contributed by atoms with Crippen LogP contribution in [0.25, 0.3) is 43.1 Å². The maximum Gasteiger partial charge on any atom is 0.134 e. The zero-order valence-corrected chi connectivity index (χ0v) is 17.9. The second-order valence-electron chi connectivity index (χ2n) is 8.40. The topological polar surface area (TPSA) is 9.23 Å². The molecule has 0 aliphatic rings. The van der Waals surface area contributed by atoms with Crippen LogP contribution in [0.5, 0.6) is 5.75 Å². The number of aryl methyl sites for hydroxylation is 1. The van der Waals surface area contributed by atoms with E-state index in [0.29, 0.717) is 6.61 Å². The first-order valence-corrected chi connectivity index (χ1v) is 11.3. The smallest absolute Gasteiger partial charge is 0.134 e. The zero-order valence-electron chi connectivity index (χ0n) is 17.9. The first-order valence-electron chi connectivity index (χ1n) is 11.3. The van der Waals surface area contributed by atoms with E-state index in [1.165, 1.54) is 48.7 Å². The summed E-state index contributed by atoms with van der Waals surface area (Å²) in [6, 6.07) is 39.0. The fraction of sp³-hybridized carbons (Fsp3) is 0.0968. The van der Waals surface area contributed by atoms with Gasteiger partial charge in [0.25, 0.3) is 0 Å². The summed E-state index contributed by atoms with van der Waals surface area (Å²) in [5.41, 5.74) is 1.42. The molecule has 0 amide bonds. The van der Waals surface area contributed by atoms with Gasteiger partial charge in [0, 0.05) is 10.8 Å². The SMILES string of the molecule is c1ccc2c(CCCOc3c4ccccc4cc4ccccc34)c3ccccc3cc2c1. The van der Waals surface area contributed by atoms with Crippen molar-refractivity contribution in [1.29, 1.82) is 0 Å². The lowest BCUT2D eigenvalue weighted by Crippen LogP contribution is -2.01. The third-order valence-electron chi connectivity index (χ3n) is 6.42. The highest BCUT2D eigenvalue weighted by molar-refractivity contribution is 6.05. The minimum absolute atomic E-state index is 0.690. The van der Waals surface area contributed by atoms with Crippen LogP contribution < -0.4 is 4.74 Å². The van der Waals surface area contributed by atoms with Crippen molar-refractivity contribution >= 4 is 43.1 Å². The summed E-state index contributed by atoms with van der Waals surface area (Å²) >= 11 is 0. The molecule has 0 unspecified atom stereocenters. The Morgan fingerprint density at radius 3 is 1.38 bits per heavy atom. The number of hydrogen-bond donors (Lipinski definition) is 0. The van der Waals surface area contributed by atoms with E-state index in [9.17, 15) is 0 Å². The van der Waals surface area contributed by atoms with Gasteiger partial charge in [0.1, 0.15) is 5.75 Å². The van der Waals surface area contributed by atoms with Crippen molar-refractivity contribution in [3.05, 3.63) is 115 Å². The summed E-state index contributed by atoms with van der Waals surface area (Å²) in [5, 5.41) is 10.1. The van der Waals surface area contributed by atoms with Crippen molar-refractivity contribution in [2.45, 2.75) is 12.8 Å². The third-order valence-corrected chi connectivity index (χ3v) is 6.42. The fourth-order valence-corrected chi connectivity index (χ4v) is 4.93. The molecule has 0 heterocycles. The van der Waals surface area contributed by atoms with Gasteiger partial charge in [-0.2, -0.15) is 0 Å². The molecule has 0 saturated carbocycles. The number of rotatable bonds is 5. The predicted molar refractivity (Wildman–Crippen MR) is 137 cm³/mol. The Morgan fingerprint density at radius 2 is 0.875 bits per heavy atom. The molecule has 0 N–H and O–H groups in total. The lowest BCUT2D eigenvalue weighted by Gasteiger charge is -2.15. The van der Waals surface area contributed by atoms with Crippen LogP contribution in [0.2, 0.25) is 0 Å². The molecule has 0 aliphatic heterocycles. The molecule has 1 nitrogen and oxygen atoms in total. The van der Waals surface area contributed by atoms with E-state index < -0.39 is 0 Å². The van der Waals surface area contributed by atoms with E-state index in [-0.39, 0.29) is 0 Å². The highest BCUT2D eigenvalue weighted by atomic mass is 16.5. The summed E-state index contributed by atoms with van der Waals surface area (Å²) in [4.78, 5) is 0. The van der Waals surface area contributed by atoms with Crippen molar-refractivity contribution in [3.63, 3.8) is 0 Å². The van der Waals surface area contributed by atoms with E-state index in [4.69, 9.17) is 4.74 Å². The molecule has 1 heteroatoms. The molecular formula is C31H24O. The molecule has 0 spiro atoms. The van der Waals surface area contributed by atoms with Crippen LogP contribution in [0, 0.1) is 0 Å². The van der Waals surface area contributed by atoms with Crippen LogP contribution in [0.4, 0.5) is 0 Å². The van der Waals surface area contributed by atoms with E-state index in [0.717, 1.165) is 18.6 Å². The largest absolute Gasteiger partial charge is 0.492 e. The molecule has 0 radical (unpaired) electrons. The summed E-state index contributed by atoms with van der Waals surface area (Å²) in [7, 11) is 0. The van der Waals surface area contributed by atoms with E-state index in [1.54, 1.807) is 0 Å². The molecule has 6 aromatic rings. The lowest BCUT2D eigenvalue weighted by atomic mass is 9.94. The fourth-order valence-electron chi connectivity index (χ4n) is 4.93. The molecule has 0 saturated heterocycles. The van der Waals surface area contributed by atoms with Gasteiger partial charge in [-0.1, -0.05) is 97.1 Å². The van der Waals surface area contributed by atoms with Gasteiger partial charge in [-0.3, -0.25) is 0 Å². The Bertz CT molecular complexity index is 1350. The third kappa shape index (κ3) is 3.27. The second-order valence-corrected chi connectivity index (χ2v) is 8.40. The van der Waals surface area contributed by atoms with Crippen LogP contribution in [0.15, 0.2) is 109 Å². The van der Waals surface area contributed by atoms with E-state index >= 15 is 0 Å². The minimum Gasteiger partial charge on any atom is -0.492 e. The monoisotopic (exact) mass is 412 g/mol. The van der Waals surface area contributed by atoms with Gasteiger partial charge in [-0.15, -0.1) is 0 Å². The van der Waals surface area contributed by atoms with Crippen LogP contribution in [-0.4, -0.2) is 6.61 Å². The summed E-state index contributed by atoms with van der Waals surface area (Å²) in [6.45, 7) is 0.690. The van der Waals surface area contributed by atoms with Gasteiger partial charge >= 0.3 is 0 Å². The number of benzene rings is 6.